The first-order valence-corrected chi connectivity index (χ1v) is 6.27. The normalized spacial score (nSPS) is 40.3. The van der Waals surface area contributed by atoms with Gasteiger partial charge in [0.05, 0.1) is 0 Å². The monoisotopic (exact) mass is 196 g/mol. The standard InChI is InChI=1S/C12H24N2/c1-10-5-2-3-8-14(10)9-11-6-4-7-12(11)13/h10-12H,2-9,13H2,1H3. The second-order valence-electron chi connectivity index (χ2n) is 5.19. The highest BCUT2D eigenvalue weighted by Gasteiger charge is 2.28. The van der Waals surface area contributed by atoms with E-state index < -0.39 is 0 Å². The molecule has 0 aromatic rings. The second-order valence-corrected chi connectivity index (χ2v) is 5.19. The van der Waals surface area contributed by atoms with Gasteiger partial charge in [-0.1, -0.05) is 12.8 Å². The molecule has 1 saturated carbocycles. The number of nitrogens with two attached hydrogens (primary N) is 1. The fourth-order valence-corrected chi connectivity index (χ4v) is 3.02. The third-order valence-electron chi connectivity index (χ3n) is 4.13. The molecular weight excluding hydrogens is 172 g/mol. The van der Waals surface area contributed by atoms with E-state index in [1.807, 2.05) is 0 Å². The molecular formula is C12H24N2. The summed E-state index contributed by atoms with van der Waals surface area (Å²) in [4.78, 5) is 2.67. The van der Waals surface area contributed by atoms with Crippen LogP contribution in [0.4, 0.5) is 0 Å². The highest BCUT2D eigenvalue weighted by molar-refractivity contribution is 4.84. The summed E-state index contributed by atoms with van der Waals surface area (Å²) in [7, 11) is 0. The zero-order chi connectivity index (χ0) is 9.97. The van der Waals surface area contributed by atoms with Crippen molar-refractivity contribution in [1.29, 1.82) is 0 Å². The Bertz CT molecular complexity index is 181. The number of nitrogens with zero attached hydrogens (tertiary/aromatic N) is 1. The summed E-state index contributed by atoms with van der Waals surface area (Å²) in [6.45, 7) is 4.95. The van der Waals surface area contributed by atoms with E-state index in [4.69, 9.17) is 5.73 Å². The zero-order valence-electron chi connectivity index (χ0n) is 9.41. The molecule has 1 heterocycles. The number of likely N-dealkylation sites (tertiary alicyclic amines) is 1. The van der Waals surface area contributed by atoms with Gasteiger partial charge in [-0.15, -0.1) is 0 Å². The molecule has 14 heavy (non-hydrogen) atoms. The Morgan fingerprint density at radius 3 is 2.64 bits per heavy atom. The topological polar surface area (TPSA) is 29.3 Å². The van der Waals surface area contributed by atoms with Gasteiger partial charge in [-0.25, -0.2) is 0 Å². The van der Waals surface area contributed by atoms with E-state index in [-0.39, 0.29) is 0 Å². The molecule has 0 aromatic heterocycles. The molecule has 2 N–H and O–H groups in total. The van der Waals surface area contributed by atoms with Crippen molar-refractivity contribution >= 4 is 0 Å². The molecule has 2 heteroatoms. The van der Waals surface area contributed by atoms with Gasteiger partial charge in [-0.2, -0.15) is 0 Å². The van der Waals surface area contributed by atoms with Crippen LogP contribution in [-0.2, 0) is 0 Å². The lowest BCUT2D eigenvalue weighted by molar-refractivity contribution is 0.133. The van der Waals surface area contributed by atoms with Gasteiger partial charge in [0, 0.05) is 18.6 Å². The van der Waals surface area contributed by atoms with E-state index in [1.54, 1.807) is 0 Å². The third kappa shape index (κ3) is 2.29. The molecule has 1 aliphatic carbocycles. The molecule has 3 atom stereocenters. The maximum Gasteiger partial charge on any atom is 0.00793 e. The van der Waals surface area contributed by atoms with Crippen LogP contribution in [0.3, 0.4) is 0 Å². The van der Waals surface area contributed by atoms with Crippen molar-refractivity contribution < 1.29 is 0 Å². The Labute approximate surface area is 87.8 Å². The molecule has 0 spiro atoms. The molecule has 2 aliphatic rings. The van der Waals surface area contributed by atoms with Gasteiger partial charge >= 0.3 is 0 Å². The van der Waals surface area contributed by atoms with Crippen molar-refractivity contribution in [3.63, 3.8) is 0 Å². The summed E-state index contributed by atoms with van der Waals surface area (Å²) in [6.07, 6.45) is 8.19. The van der Waals surface area contributed by atoms with Crippen LogP contribution in [0.5, 0.6) is 0 Å². The Morgan fingerprint density at radius 1 is 1.14 bits per heavy atom. The quantitative estimate of drug-likeness (QED) is 0.732. The average Bonchev–Trinajstić information content (AvgIpc) is 2.56. The Balaban J connectivity index is 1.83. The molecule has 2 rings (SSSR count). The van der Waals surface area contributed by atoms with Crippen molar-refractivity contribution in [2.45, 2.75) is 57.5 Å². The first-order valence-electron chi connectivity index (χ1n) is 6.27. The molecule has 0 bridgehead atoms. The molecule has 2 fully saturated rings. The molecule has 0 aromatic carbocycles. The lowest BCUT2D eigenvalue weighted by Gasteiger charge is -2.36. The van der Waals surface area contributed by atoms with E-state index >= 15 is 0 Å². The smallest absolute Gasteiger partial charge is 0.00793 e. The van der Waals surface area contributed by atoms with Crippen LogP contribution < -0.4 is 5.73 Å². The number of rotatable bonds is 2. The van der Waals surface area contributed by atoms with Crippen molar-refractivity contribution in [2.75, 3.05) is 13.1 Å². The fourth-order valence-electron chi connectivity index (χ4n) is 3.02. The van der Waals surface area contributed by atoms with E-state index in [2.05, 4.69) is 11.8 Å². The summed E-state index contributed by atoms with van der Waals surface area (Å²) >= 11 is 0. The second kappa shape index (κ2) is 4.63. The Hall–Kier alpha value is -0.0800. The maximum absolute atomic E-state index is 6.11. The Morgan fingerprint density at radius 2 is 2.00 bits per heavy atom. The molecule has 0 radical (unpaired) electrons. The van der Waals surface area contributed by atoms with Crippen molar-refractivity contribution in [3.8, 4) is 0 Å². The SMILES string of the molecule is CC1CCCCN1CC1CCCC1N. The van der Waals surface area contributed by atoms with Crippen LogP contribution in [-0.4, -0.2) is 30.1 Å². The van der Waals surface area contributed by atoms with Gasteiger partial charge < -0.3 is 10.6 Å². The van der Waals surface area contributed by atoms with Crippen molar-refractivity contribution in [2.24, 2.45) is 11.7 Å². The summed E-state index contributed by atoms with van der Waals surface area (Å²) in [6, 6.07) is 1.29. The van der Waals surface area contributed by atoms with Gasteiger partial charge in [0.2, 0.25) is 0 Å². The van der Waals surface area contributed by atoms with E-state index in [0.29, 0.717) is 6.04 Å². The first kappa shape index (κ1) is 10.4. The minimum absolute atomic E-state index is 0.490. The van der Waals surface area contributed by atoms with Crippen molar-refractivity contribution in [3.05, 3.63) is 0 Å². The van der Waals surface area contributed by atoms with Gasteiger partial charge in [-0.3, -0.25) is 0 Å². The predicted octanol–water partition coefficient (Wildman–Crippen LogP) is 1.99. The molecule has 2 nitrogen and oxygen atoms in total. The lowest BCUT2D eigenvalue weighted by Crippen LogP contribution is -2.43. The summed E-state index contributed by atoms with van der Waals surface area (Å²) in [5.74, 6) is 0.788. The summed E-state index contributed by atoms with van der Waals surface area (Å²) in [5, 5.41) is 0. The number of hydrogen-bond acceptors (Lipinski definition) is 2. The van der Waals surface area contributed by atoms with E-state index in [9.17, 15) is 0 Å². The predicted molar refractivity (Wildman–Crippen MR) is 60.2 cm³/mol. The largest absolute Gasteiger partial charge is 0.327 e. The molecule has 3 unspecified atom stereocenters. The van der Waals surface area contributed by atoms with Gasteiger partial charge in [0.15, 0.2) is 0 Å². The van der Waals surface area contributed by atoms with Crippen LogP contribution in [0.25, 0.3) is 0 Å². The minimum Gasteiger partial charge on any atom is -0.327 e. The van der Waals surface area contributed by atoms with Gasteiger partial charge in [-0.05, 0) is 45.1 Å². The van der Waals surface area contributed by atoms with Crippen LogP contribution in [0.1, 0.15) is 45.4 Å². The first-order chi connectivity index (χ1) is 6.77. The Kier molecular flexibility index (Phi) is 3.45. The molecule has 0 amide bonds. The van der Waals surface area contributed by atoms with Crippen LogP contribution in [0.15, 0.2) is 0 Å². The summed E-state index contributed by atoms with van der Waals surface area (Å²) < 4.78 is 0. The fraction of sp³-hybridized carbons (Fsp3) is 1.00. The van der Waals surface area contributed by atoms with Crippen LogP contribution in [0, 0.1) is 5.92 Å². The number of hydrogen-bond donors (Lipinski definition) is 1. The average molecular weight is 196 g/mol. The van der Waals surface area contributed by atoms with Crippen LogP contribution in [0.2, 0.25) is 0 Å². The number of piperidine rings is 1. The molecule has 82 valence electrons. The van der Waals surface area contributed by atoms with E-state index in [1.165, 1.54) is 51.6 Å². The third-order valence-corrected chi connectivity index (χ3v) is 4.13. The maximum atomic E-state index is 6.11. The van der Waals surface area contributed by atoms with Crippen LogP contribution >= 0.6 is 0 Å². The highest BCUT2D eigenvalue weighted by Crippen LogP contribution is 2.27. The summed E-state index contributed by atoms with van der Waals surface area (Å²) in [5.41, 5.74) is 6.11. The zero-order valence-corrected chi connectivity index (χ0v) is 9.41. The molecule has 1 aliphatic heterocycles. The molecule has 1 saturated heterocycles. The highest BCUT2D eigenvalue weighted by atomic mass is 15.2. The van der Waals surface area contributed by atoms with Crippen molar-refractivity contribution in [1.82, 2.24) is 4.90 Å². The lowest BCUT2D eigenvalue weighted by atomic mass is 9.98. The van der Waals surface area contributed by atoms with Gasteiger partial charge in [0.1, 0.15) is 0 Å². The van der Waals surface area contributed by atoms with E-state index in [0.717, 1.165) is 12.0 Å². The van der Waals surface area contributed by atoms with Gasteiger partial charge in [0.25, 0.3) is 0 Å². The minimum atomic E-state index is 0.490.